The van der Waals surface area contributed by atoms with Crippen molar-refractivity contribution in [2.75, 3.05) is 20.8 Å². The Morgan fingerprint density at radius 2 is 2.14 bits per heavy atom. The number of methoxy groups -OCH3 is 1. The number of benzene rings is 1. The van der Waals surface area contributed by atoms with Gasteiger partial charge in [0, 0.05) is 31.9 Å². The molecule has 1 N–H and O–H groups in total. The standard InChI is InChI=1S/C16H23N3O2/c1-12(17-2)13-5-6-14(15(11-13)20-4)21-10-7-16-18-8-9-19(16)3/h5-6,8-9,11-12,17H,7,10H2,1-4H3. The lowest BCUT2D eigenvalue weighted by Gasteiger charge is -2.15. The predicted molar refractivity (Wildman–Crippen MR) is 82.9 cm³/mol. The number of imidazole rings is 1. The topological polar surface area (TPSA) is 48.3 Å². The van der Waals surface area contributed by atoms with Gasteiger partial charge in [-0.3, -0.25) is 0 Å². The third-order valence-corrected chi connectivity index (χ3v) is 3.62. The third kappa shape index (κ3) is 3.76. The Bertz CT molecular complexity index is 581. The predicted octanol–water partition coefficient (Wildman–Crippen LogP) is 2.33. The molecule has 2 rings (SSSR count). The Balaban J connectivity index is 2.01. The zero-order chi connectivity index (χ0) is 15.2. The molecular formula is C16H23N3O2. The molecule has 0 saturated heterocycles. The van der Waals surface area contributed by atoms with Crippen LogP contribution in [-0.2, 0) is 13.5 Å². The highest BCUT2D eigenvalue weighted by Gasteiger charge is 2.10. The van der Waals surface area contributed by atoms with E-state index in [1.54, 1.807) is 13.3 Å². The first-order valence-corrected chi connectivity index (χ1v) is 7.10. The lowest BCUT2D eigenvalue weighted by atomic mass is 10.1. The van der Waals surface area contributed by atoms with Crippen LogP contribution in [0.4, 0.5) is 0 Å². The van der Waals surface area contributed by atoms with Crippen molar-refractivity contribution in [2.24, 2.45) is 7.05 Å². The Hall–Kier alpha value is -2.01. The van der Waals surface area contributed by atoms with Crippen LogP contribution >= 0.6 is 0 Å². The third-order valence-electron chi connectivity index (χ3n) is 3.62. The molecule has 2 aromatic rings. The van der Waals surface area contributed by atoms with Crippen LogP contribution in [0.1, 0.15) is 24.4 Å². The van der Waals surface area contributed by atoms with Crippen molar-refractivity contribution < 1.29 is 9.47 Å². The summed E-state index contributed by atoms with van der Waals surface area (Å²) in [6, 6.07) is 6.30. The summed E-state index contributed by atoms with van der Waals surface area (Å²) in [5, 5.41) is 3.21. The second kappa shape index (κ2) is 7.13. The molecule has 1 heterocycles. The van der Waals surface area contributed by atoms with Gasteiger partial charge < -0.3 is 19.4 Å². The van der Waals surface area contributed by atoms with Crippen molar-refractivity contribution in [1.82, 2.24) is 14.9 Å². The first-order valence-electron chi connectivity index (χ1n) is 7.10. The number of aryl methyl sites for hydroxylation is 1. The van der Waals surface area contributed by atoms with E-state index in [-0.39, 0.29) is 6.04 Å². The van der Waals surface area contributed by atoms with Gasteiger partial charge in [0.05, 0.1) is 13.7 Å². The van der Waals surface area contributed by atoms with Gasteiger partial charge in [-0.05, 0) is 31.7 Å². The fourth-order valence-electron chi connectivity index (χ4n) is 2.13. The van der Waals surface area contributed by atoms with Crippen molar-refractivity contribution in [3.63, 3.8) is 0 Å². The van der Waals surface area contributed by atoms with Crippen LogP contribution < -0.4 is 14.8 Å². The molecule has 1 aromatic heterocycles. The lowest BCUT2D eigenvalue weighted by molar-refractivity contribution is 0.294. The molecule has 1 atom stereocenters. The van der Waals surface area contributed by atoms with Gasteiger partial charge in [0.25, 0.3) is 0 Å². The number of rotatable bonds is 7. The van der Waals surface area contributed by atoms with Crippen LogP contribution in [0.5, 0.6) is 11.5 Å². The van der Waals surface area contributed by atoms with E-state index in [0.29, 0.717) is 6.61 Å². The molecule has 0 saturated carbocycles. The number of aromatic nitrogens is 2. The van der Waals surface area contributed by atoms with E-state index in [2.05, 4.69) is 23.3 Å². The van der Waals surface area contributed by atoms with Gasteiger partial charge in [-0.15, -0.1) is 0 Å². The van der Waals surface area contributed by atoms with Crippen molar-refractivity contribution in [3.05, 3.63) is 42.0 Å². The van der Waals surface area contributed by atoms with E-state index in [1.165, 1.54) is 5.56 Å². The van der Waals surface area contributed by atoms with Gasteiger partial charge in [-0.2, -0.15) is 0 Å². The second-order valence-electron chi connectivity index (χ2n) is 4.97. The van der Waals surface area contributed by atoms with Crippen LogP contribution in [0.3, 0.4) is 0 Å². The minimum Gasteiger partial charge on any atom is -0.493 e. The van der Waals surface area contributed by atoms with Gasteiger partial charge >= 0.3 is 0 Å². The maximum absolute atomic E-state index is 5.83. The zero-order valence-electron chi connectivity index (χ0n) is 13.1. The molecule has 0 amide bonds. The number of nitrogens with zero attached hydrogens (tertiary/aromatic N) is 2. The van der Waals surface area contributed by atoms with E-state index in [1.807, 2.05) is 37.0 Å². The molecule has 0 bridgehead atoms. The summed E-state index contributed by atoms with van der Waals surface area (Å²) in [5.74, 6) is 2.53. The van der Waals surface area contributed by atoms with Crippen LogP contribution in [0.15, 0.2) is 30.6 Å². The number of nitrogens with one attached hydrogen (secondary N) is 1. The summed E-state index contributed by atoms with van der Waals surface area (Å²) in [6.07, 6.45) is 4.50. The second-order valence-corrected chi connectivity index (χ2v) is 4.97. The molecule has 0 fully saturated rings. The Labute approximate surface area is 125 Å². The molecule has 21 heavy (non-hydrogen) atoms. The monoisotopic (exact) mass is 289 g/mol. The highest BCUT2D eigenvalue weighted by atomic mass is 16.5. The molecule has 0 aliphatic heterocycles. The Kier molecular flexibility index (Phi) is 5.22. The van der Waals surface area contributed by atoms with E-state index >= 15 is 0 Å². The summed E-state index contributed by atoms with van der Waals surface area (Å²) < 4.78 is 13.2. The normalized spacial score (nSPS) is 12.2. The average molecular weight is 289 g/mol. The molecule has 114 valence electrons. The van der Waals surface area contributed by atoms with Gasteiger partial charge in [-0.1, -0.05) is 6.07 Å². The quantitative estimate of drug-likeness (QED) is 0.850. The molecule has 0 aliphatic rings. The molecule has 0 aliphatic carbocycles. The maximum Gasteiger partial charge on any atom is 0.161 e. The first-order chi connectivity index (χ1) is 10.2. The van der Waals surface area contributed by atoms with Crippen LogP contribution in [0.25, 0.3) is 0 Å². The van der Waals surface area contributed by atoms with E-state index in [4.69, 9.17) is 9.47 Å². The van der Waals surface area contributed by atoms with Crippen molar-refractivity contribution >= 4 is 0 Å². The number of ether oxygens (including phenoxy) is 2. The largest absolute Gasteiger partial charge is 0.493 e. The molecule has 5 heteroatoms. The minimum absolute atomic E-state index is 0.278. The van der Waals surface area contributed by atoms with Crippen LogP contribution in [-0.4, -0.2) is 30.3 Å². The SMILES string of the molecule is CNC(C)c1ccc(OCCc2nccn2C)c(OC)c1. The van der Waals surface area contributed by atoms with Gasteiger partial charge in [0.1, 0.15) is 5.82 Å². The molecule has 1 unspecified atom stereocenters. The van der Waals surface area contributed by atoms with Gasteiger partial charge in [0.2, 0.25) is 0 Å². The maximum atomic E-state index is 5.83. The van der Waals surface area contributed by atoms with Gasteiger partial charge in [0.15, 0.2) is 11.5 Å². The Morgan fingerprint density at radius 1 is 1.33 bits per heavy atom. The summed E-state index contributed by atoms with van der Waals surface area (Å²) >= 11 is 0. The fraction of sp³-hybridized carbons (Fsp3) is 0.438. The van der Waals surface area contributed by atoms with Crippen molar-refractivity contribution in [2.45, 2.75) is 19.4 Å². The van der Waals surface area contributed by atoms with E-state index in [9.17, 15) is 0 Å². The molecular weight excluding hydrogens is 266 g/mol. The summed E-state index contributed by atoms with van der Waals surface area (Å²) in [7, 11) is 5.58. The molecule has 1 aromatic carbocycles. The smallest absolute Gasteiger partial charge is 0.161 e. The van der Waals surface area contributed by atoms with Crippen LogP contribution in [0, 0.1) is 0 Å². The zero-order valence-corrected chi connectivity index (χ0v) is 13.1. The highest BCUT2D eigenvalue weighted by Crippen LogP contribution is 2.30. The summed E-state index contributed by atoms with van der Waals surface area (Å²) in [5.41, 5.74) is 1.17. The molecule has 5 nitrogen and oxygen atoms in total. The molecule has 0 radical (unpaired) electrons. The lowest BCUT2D eigenvalue weighted by Crippen LogP contribution is -2.12. The first kappa shape index (κ1) is 15.4. The molecule has 0 spiro atoms. The number of hydrogen-bond acceptors (Lipinski definition) is 4. The van der Waals surface area contributed by atoms with E-state index in [0.717, 1.165) is 23.7 Å². The minimum atomic E-state index is 0.278. The van der Waals surface area contributed by atoms with Crippen molar-refractivity contribution in [1.29, 1.82) is 0 Å². The van der Waals surface area contributed by atoms with E-state index < -0.39 is 0 Å². The average Bonchev–Trinajstić information content (AvgIpc) is 2.92. The van der Waals surface area contributed by atoms with Crippen LogP contribution in [0.2, 0.25) is 0 Å². The van der Waals surface area contributed by atoms with Crippen molar-refractivity contribution in [3.8, 4) is 11.5 Å². The summed E-state index contributed by atoms with van der Waals surface area (Å²) in [6.45, 7) is 2.68. The highest BCUT2D eigenvalue weighted by molar-refractivity contribution is 5.43. The fourth-order valence-corrected chi connectivity index (χ4v) is 2.13. The summed E-state index contributed by atoms with van der Waals surface area (Å²) in [4.78, 5) is 4.28. The Morgan fingerprint density at radius 3 is 2.76 bits per heavy atom. The number of hydrogen-bond donors (Lipinski definition) is 1. The van der Waals surface area contributed by atoms with Gasteiger partial charge in [-0.25, -0.2) is 4.98 Å².